The first kappa shape index (κ1) is 35.8. The van der Waals surface area contributed by atoms with Crippen LogP contribution in [0.4, 0.5) is 0 Å². The van der Waals surface area contributed by atoms with E-state index in [0.717, 1.165) is 34.3 Å². The predicted molar refractivity (Wildman–Crippen MR) is 184 cm³/mol. The summed E-state index contributed by atoms with van der Waals surface area (Å²) in [5, 5.41) is 31.2. The van der Waals surface area contributed by atoms with Crippen molar-refractivity contribution in [2.24, 2.45) is 10.8 Å². The molecule has 0 radical (unpaired) electrons. The Hall–Kier alpha value is -2.72. The standard InChI is InChI=1S/C40H56O4/c1-29(17-13-19-31(3)21-22-35-36(5,6)25-33(41)27-38(35,9)43)15-11-12-16-30(2)18-14-20-32(4)23-24-40-37(7,8)26-34(42)28-39(40,10)44-40/h11-21,23-24,33-34,41-43H,25-28H2,1-10H3/t22?,33-,34-,38+,39-,40+/m0/s1. The molecule has 1 heterocycles. The molecule has 0 bridgehead atoms. The third-order valence-electron chi connectivity index (χ3n) is 9.39. The van der Waals surface area contributed by atoms with Gasteiger partial charge in [0.1, 0.15) is 11.2 Å². The lowest BCUT2D eigenvalue weighted by Crippen LogP contribution is -2.46. The second-order valence-electron chi connectivity index (χ2n) is 15.0. The number of ether oxygens (including phenoxy) is 1. The summed E-state index contributed by atoms with van der Waals surface area (Å²) in [6.07, 6.45) is 28.5. The normalized spacial score (nSPS) is 34.7. The van der Waals surface area contributed by atoms with Gasteiger partial charge in [0, 0.05) is 23.8 Å². The third-order valence-corrected chi connectivity index (χ3v) is 9.39. The molecule has 0 unspecified atom stereocenters. The maximum absolute atomic E-state index is 10.9. The molecule has 5 atom stereocenters. The van der Waals surface area contributed by atoms with Gasteiger partial charge in [-0.25, -0.2) is 0 Å². The van der Waals surface area contributed by atoms with Gasteiger partial charge in [-0.15, -0.1) is 5.73 Å². The molecular weight excluding hydrogens is 544 g/mol. The van der Waals surface area contributed by atoms with Crippen LogP contribution in [0.25, 0.3) is 0 Å². The molecule has 3 rings (SSSR count). The van der Waals surface area contributed by atoms with Crippen molar-refractivity contribution in [1.82, 2.24) is 0 Å². The number of aliphatic hydroxyl groups excluding tert-OH is 2. The zero-order valence-corrected chi connectivity index (χ0v) is 28.7. The average Bonchev–Trinajstić information content (AvgIpc) is 3.49. The van der Waals surface area contributed by atoms with E-state index in [1.165, 1.54) is 0 Å². The SMILES string of the molecule is CC(C=C=C1C(C)(C)C[C@H](O)C[C@@]1(C)O)=CC=CC(C)=CC=CC=C(C)C=CC=C(C)C=C[C@]12O[C@@]1(C)C[C@@H](O)CC2(C)C. The highest BCUT2D eigenvalue weighted by Crippen LogP contribution is 2.66. The van der Waals surface area contributed by atoms with Crippen molar-refractivity contribution in [3.05, 3.63) is 113 Å². The van der Waals surface area contributed by atoms with Gasteiger partial charge in [0.15, 0.2) is 0 Å². The maximum atomic E-state index is 10.9. The number of rotatable bonds is 9. The third kappa shape index (κ3) is 8.71. The highest BCUT2D eigenvalue weighted by atomic mass is 16.6. The van der Waals surface area contributed by atoms with Gasteiger partial charge < -0.3 is 20.1 Å². The van der Waals surface area contributed by atoms with Crippen molar-refractivity contribution in [3.63, 3.8) is 0 Å². The molecule has 1 aliphatic heterocycles. The van der Waals surface area contributed by atoms with E-state index >= 15 is 0 Å². The van der Waals surface area contributed by atoms with Crippen molar-refractivity contribution in [2.75, 3.05) is 0 Å². The highest BCUT2D eigenvalue weighted by molar-refractivity contribution is 5.37. The molecule has 4 nitrogen and oxygen atoms in total. The molecular formula is C40H56O4. The van der Waals surface area contributed by atoms with Gasteiger partial charge in [-0.2, -0.15) is 0 Å². The Labute approximate surface area is 267 Å². The van der Waals surface area contributed by atoms with Crippen LogP contribution in [0.1, 0.15) is 94.9 Å². The van der Waals surface area contributed by atoms with Crippen molar-refractivity contribution in [3.8, 4) is 0 Å². The smallest absolute Gasteiger partial charge is 0.121 e. The summed E-state index contributed by atoms with van der Waals surface area (Å²) >= 11 is 0. The van der Waals surface area contributed by atoms with E-state index in [1.54, 1.807) is 6.92 Å². The Kier molecular flexibility index (Phi) is 11.2. The molecule has 0 amide bonds. The van der Waals surface area contributed by atoms with Gasteiger partial charge >= 0.3 is 0 Å². The van der Waals surface area contributed by atoms with E-state index in [1.807, 2.05) is 37.3 Å². The summed E-state index contributed by atoms with van der Waals surface area (Å²) in [6.45, 7) is 20.6. The fourth-order valence-corrected chi connectivity index (χ4v) is 7.25. The molecule has 0 aromatic carbocycles. The molecule has 0 aromatic rings. The quantitative estimate of drug-likeness (QED) is 0.141. The highest BCUT2D eigenvalue weighted by Gasteiger charge is 2.74. The molecule has 3 aliphatic rings. The van der Waals surface area contributed by atoms with E-state index < -0.39 is 11.7 Å². The molecule has 240 valence electrons. The largest absolute Gasteiger partial charge is 0.393 e. The lowest BCUT2D eigenvalue weighted by Gasteiger charge is -2.43. The van der Waals surface area contributed by atoms with E-state index in [0.29, 0.717) is 19.3 Å². The predicted octanol–water partition coefficient (Wildman–Crippen LogP) is 8.72. The molecule has 2 aliphatic carbocycles. The molecule has 4 heteroatoms. The molecule has 3 N–H and O–H groups in total. The van der Waals surface area contributed by atoms with Crippen LogP contribution in [0.2, 0.25) is 0 Å². The monoisotopic (exact) mass is 600 g/mol. The van der Waals surface area contributed by atoms with Crippen LogP contribution in [0, 0.1) is 10.8 Å². The van der Waals surface area contributed by atoms with Crippen molar-refractivity contribution in [2.45, 2.75) is 124 Å². The lowest BCUT2D eigenvalue weighted by molar-refractivity contribution is -0.0268. The molecule has 0 spiro atoms. The Balaban J connectivity index is 1.53. The van der Waals surface area contributed by atoms with E-state index in [2.05, 4.69) is 110 Å². The summed E-state index contributed by atoms with van der Waals surface area (Å²) in [5.74, 6) is 0. The summed E-state index contributed by atoms with van der Waals surface area (Å²) in [4.78, 5) is 0. The molecule has 1 saturated heterocycles. The number of allylic oxidation sites excluding steroid dienone is 15. The van der Waals surface area contributed by atoms with Crippen LogP contribution in [-0.2, 0) is 4.74 Å². The van der Waals surface area contributed by atoms with Crippen LogP contribution in [0.5, 0.6) is 0 Å². The molecule has 3 fully saturated rings. The van der Waals surface area contributed by atoms with E-state index in [-0.39, 0.29) is 28.1 Å². The second kappa shape index (κ2) is 13.7. The van der Waals surface area contributed by atoms with Crippen LogP contribution >= 0.6 is 0 Å². The average molecular weight is 601 g/mol. The zero-order valence-electron chi connectivity index (χ0n) is 28.7. The first-order valence-corrected chi connectivity index (χ1v) is 16.0. The Morgan fingerprint density at radius 3 is 1.73 bits per heavy atom. The Bertz CT molecular complexity index is 1360. The summed E-state index contributed by atoms with van der Waals surface area (Å²) in [7, 11) is 0. The van der Waals surface area contributed by atoms with Crippen molar-refractivity contribution < 1.29 is 20.1 Å². The van der Waals surface area contributed by atoms with Crippen molar-refractivity contribution >= 4 is 0 Å². The second-order valence-corrected chi connectivity index (χ2v) is 15.0. The minimum atomic E-state index is -1.05. The van der Waals surface area contributed by atoms with Gasteiger partial charge in [-0.05, 0) is 77.5 Å². The Morgan fingerprint density at radius 1 is 0.682 bits per heavy atom. The topological polar surface area (TPSA) is 73.2 Å². The summed E-state index contributed by atoms with van der Waals surface area (Å²) in [5.41, 5.74) is 6.63. The number of hydrogen-bond donors (Lipinski definition) is 3. The van der Waals surface area contributed by atoms with Crippen LogP contribution in [0.15, 0.2) is 113 Å². The zero-order chi connectivity index (χ0) is 33.0. The van der Waals surface area contributed by atoms with Gasteiger partial charge in [-0.1, -0.05) is 111 Å². The number of epoxide rings is 1. The minimum Gasteiger partial charge on any atom is -0.393 e. The number of hydrogen-bond acceptors (Lipinski definition) is 4. The first-order valence-electron chi connectivity index (χ1n) is 16.0. The number of fused-ring (bicyclic) bond motifs is 1. The van der Waals surface area contributed by atoms with Crippen molar-refractivity contribution in [1.29, 1.82) is 0 Å². The molecule has 44 heavy (non-hydrogen) atoms. The summed E-state index contributed by atoms with van der Waals surface area (Å²) < 4.78 is 6.24. The summed E-state index contributed by atoms with van der Waals surface area (Å²) in [6, 6.07) is 0. The minimum absolute atomic E-state index is 0.103. The fourth-order valence-electron chi connectivity index (χ4n) is 7.25. The van der Waals surface area contributed by atoms with Gasteiger partial charge in [0.25, 0.3) is 0 Å². The fraction of sp³-hybridized carbons (Fsp3) is 0.525. The lowest BCUT2D eigenvalue weighted by atomic mass is 9.63. The van der Waals surface area contributed by atoms with Gasteiger partial charge in [0.2, 0.25) is 0 Å². The van der Waals surface area contributed by atoms with Gasteiger partial charge in [0.05, 0.1) is 17.8 Å². The van der Waals surface area contributed by atoms with E-state index in [9.17, 15) is 15.3 Å². The first-order chi connectivity index (χ1) is 20.3. The Morgan fingerprint density at radius 2 is 1.18 bits per heavy atom. The van der Waals surface area contributed by atoms with Crippen LogP contribution in [0.3, 0.4) is 0 Å². The maximum Gasteiger partial charge on any atom is 0.121 e. The van der Waals surface area contributed by atoms with Crippen LogP contribution in [-0.4, -0.2) is 44.3 Å². The van der Waals surface area contributed by atoms with Gasteiger partial charge in [-0.3, -0.25) is 0 Å². The molecule has 0 aromatic heterocycles. The van der Waals surface area contributed by atoms with Crippen LogP contribution < -0.4 is 0 Å². The molecule has 2 saturated carbocycles. The number of aliphatic hydroxyl groups is 3. The van der Waals surface area contributed by atoms with E-state index in [4.69, 9.17) is 4.74 Å².